The van der Waals surface area contributed by atoms with Gasteiger partial charge in [0, 0.05) is 41.7 Å². The fourth-order valence-electron chi connectivity index (χ4n) is 4.22. The Morgan fingerprint density at radius 3 is 2.71 bits per heavy atom. The number of hydrogen-bond acceptors (Lipinski definition) is 3. The van der Waals surface area contributed by atoms with Gasteiger partial charge in [-0.25, -0.2) is 4.98 Å². The molecule has 0 bridgehead atoms. The van der Waals surface area contributed by atoms with Crippen LogP contribution >= 0.6 is 0 Å². The van der Waals surface area contributed by atoms with Crippen LogP contribution < -0.4 is 10.5 Å². The second-order valence-electron chi connectivity index (χ2n) is 8.52. The Morgan fingerprint density at radius 1 is 1.10 bits per heavy atom. The number of aryl methyl sites for hydroxylation is 1. The van der Waals surface area contributed by atoms with Gasteiger partial charge in [-0.15, -0.1) is 0 Å². The SMILES string of the molecule is CC(C)CC(C)N(C(=O)CCc1nc2ccccc2c(=O)[nH]1)c1ccc2[nH]ccc2c1. The molecule has 2 aromatic heterocycles. The van der Waals surface area contributed by atoms with Crippen molar-refractivity contribution in [3.63, 3.8) is 0 Å². The van der Waals surface area contributed by atoms with Gasteiger partial charge in [-0.05, 0) is 55.7 Å². The van der Waals surface area contributed by atoms with Crippen molar-refractivity contribution in [1.82, 2.24) is 15.0 Å². The molecule has 4 rings (SSSR count). The molecule has 31 heavy (non-hydrogen) atoms. The normalized spacial score (nSPS) is 12.5. The molecule has 6 nitrogen and oxygen atoms in total. The lowest BCUT2D eigenvalue weighted by atomic mass is 10.0. The number of anilines is 1. The highest BCUT2D eigenvalue weighted by Crippen LogP contribution is 2.26. The van der Waals surface area contributed by atoms with E-state index in [1.165, 1.54) is 0 Å². The average molecular weight is 417 g/mol. The van der Waals surface area contributed by atoms with Gasteiger partial charge in [-0.2, -0.15) is 0 Å². The Hall–Kier alpha value is -3.41. The van der Waals surface area contributed by atoms with Crippen molar-refractivity contribution in [3.8, 4) is 0 Å². The highest BCUT2D eigenvalue weighted by molar-refractivity contribution is 5.96. The second-order valence-corrected chi connectivity index (χ2v) is 8.52. The molecule has 0 saturated heterocycles. The molecule has 1 amide bonds. The molecule has 6 heteroatoms. The summed E-state index contributed by atoms with van der Waals surface area (Å²) in [6.07, 6.45) is 3.47. The van der Waals surface area contributed by atoms with E-state index in [4.69, 9.17) is 0 Å². The van der Waals surface area contributed by atoms with Crippen LogP contribution in [0.25, 0.3) is 21.8 Å². The van der Waals surface area contributed by atoms with Crippen LogP contribution in [0.4, 0.5) is 5.69 Å². The number of nitrogens with zero attached hydrogens (tertiary/aromatic N) is 2. The van der Waals surface area contributed by atoms with E-state index in [-0.39, 0.29) is 23.9 Å². The molecule has 160 valence electrons. The summed E-state index contributed by atoms with van der Waals surface area (Å²) in [5.41, 5.74) is 2.42. The van der Waals surface area contributed by atoms with Crippen LogP contribution in [0.2, 0.25) is 0 Å². The van der Waals surface area contributed by atoms with E-state index in [1.807, 2.05) is 47.5 Å². The average Bonchev–Trinajstić information content (AvgIpc) is 3.20. The van der Waals surface area contributed by atoms with Gasteiger partial charge < -0.3 is 14.9 Å². The number of aromatic amines is 2. The van der Waals surface area contributed by atoms with E-state index in [0.717, 1.165) is 23.0 Å². The maximum Gasteiger partial charge on any atom is 0.258 e. The molecular weight excluding hydrogens is 388 g/mol. The van der Waals surface area contributed by atoms with Crippen molar-refractivity contribution in [2.75, 3.05) is 4.90 Å². The Morgan fingerprint density at radius 2 is 1.90 bits per heavy atom. The maximum atomic E-state index is 13.4. The van der Waals surface area contributed by atoms with E-state index in [0.29, 0.717) is 29.1 Å². The summed E-state index contributed by atoms with van der Waals surface area (Å²) in [7, 11) is 0. The van der Waals surface area contributed by atoms with Crippen LogP contribution in [0.1, 0.15) is 39.4 Å². The summed E-state index contributed by atoms with van der Waals surface area (Å²) in [6.45, 7) is 6.42. The molecular formula is C25H28N4O2. The third-order valence-corrected chi connectivity index (χ3v) is 5.57. The van der Waals surface area contributed by atoms with Crippen LogP contribution in [0.3, 0.4) is 0 Å². The van der Waals surface area contributed by atoms with Gasteiger partial charge in [-0.3, -0.25) is 9.59 Å². The van der Waals surface area contributed by atoms with Crippen molar-refractivity contribution < 1.29 is 4.79 Å². The molecule has 4 aromatic rings. The molecule has 0 saturated carbocycles. The molecule has 0 aliphatic rings. The number of fused-ring (bicyclic) bond motifs is 2. The summed E-state index contributed by atoms with van der Waals surface area (Å²) in [4.78, 5) is 38.1. The number of nitrogens with one attached hydrogen (secondary N) is 2. The number of hydrogen-bond donors (Lipinski definition) is 2. The van der Waals surface area contributed by atoms with E-state index >= 15 is 0 Å². The molecule has 0 aliphatic heterocycles. The first kappa shape index (κ1) is 20.8. The van der Waals surface area contributed by atoms with E-state index < -0.39 is 0 Å². The molecule has 2 N–H and O–H groups in total. The maximum absolute atomic E-state index is 13.4. The lowest BCUT2D eigenvalue weighted by molar-refractivity contribution is -0.119. The monoisotopic (exact) mass is 416 g/mol. The van der Waals surface area contributed by atoms with Gasteiger partial charge in [0.05, 0.1) is 10.9 Å². The fourth-order valence-corrected chi connectivity index (χ4v) is 4.22. The Kier molecular flexibility index (Phi) is 5.89. The largest absolute Gasteiger partial charge is 0.361 e. The molecule has 1 atom stereocenters. The number of carbonyl (C=O) groups is 1. The predicted molar refractivity (Wildman–Crippen MR) is 125 cm³/mol. The quantitative estimate of drug-likeness (QED) is 0.454. The van der Waals surface area contributed by atoms with Gasteiger partial charge >= 0.3 is 0 Å². The van der Waals surface area contributed by atoms with Crippen LogP contribution in [0, 0.1) is 5.92 Å². The topological polar surface area (TPSA) is 81.8 Å². The van der Waals surface area contributed by atoms with Gasteiger partial charge in [0.1, 0.15) is 5.82 Å². The van der Waals surface area contributed by atoms with Crippen molar-refractivity contribution >= 4 is 33.4 Å². The van der Waals surface area contributed by atoms with Crippen molar-refractivity contribution in [1.29, 1.82) is 0 Å². The number of benzene rings is 2. The van der Waals surface area contributed by atoms with Crippen molar-refractivity contribution in [2.45, 2.75) is 46.1 Å². The summed E-state index contributed by atoms with van der Waals surface area (Å²) in [5.74, 6) is 1.04. The first-order chi connectivity index (χ1) is 14.9. The predicted octanol–water partition coefficient (Wildman–Crippen LogP) is 4.80. The zero-order valence-electron chi connectivity index (χ0n) is 18.2. The van der Waals surface area contributed by atoms with Crippen molar-refractivity contribution in [2.24, 2.45) is 5.92 Å². The van der Waals surface area contributed by atoms with Crippen molar-refractivity contribution in [3.05, 3.63) is 70.9 Å². The third kappa shape index (κ3) is 4.53. The number of rotatable bonds is 7. The molecule has 0 fully saturated rings. The number of para-hydroxylation sites is 1. The van der Waals surface area contributed by atoms with Crippen LogP contribution in [0.15, 0.2) is 59.5 Å². The van der Waals surface area contributed by atoms with Crippen LogP contribution in [-0.2, 0) is 11.2 Å². The molecule has 0 spiro atoms. The Labute approximate surface area is 181 Å². The summed E-state index contributed by atoms with van der Waals surface area (Å²) >= 11 is 0. The smallest absolute Gasteiger partial charge is 0.258 e. The van der Waals surface area contributed by atoms with Gasteiger partial charge in [0.25, 0.3) is 5.56 Å². The minimum atomic E-state index is -0.170. The van der Waals surface area contributed by atoms with Gasteiger partial charge in [-0.1, -0.05) is 26.0 Å². The van der Waals surface area contributed by atoms with E-state index in [1.54, 1.807) is 6.07 Å². The molecule has 0 radical (unpaired) electrons. The Balaban J connectivity index is 1.59. The highest BCUT2D eigenvalue weighted by Gasteiger charge is 2.23. The molecule has 2 heterocycles. The standard InChI is InChI=1S/C25H28N4O2/c1-16(2)14-17(3)29(19-8-9-21-18(15-19)12-13-26-21)24(30)11-10-23-27-22-7-5-4-6-20(22)25(31)28-23/h4-9,12-13,15-17,26H,10-11,14H2,1-3H3,(H,27,28,31). The molecule has 2 aromatic carbocycles. The molecule has 0 aliphatic carbocycles. The van der Waals surface area contributed by atoms with E-state index in [9.17, 15) is 9.59 Å². The molecule has 1 unspecified atom stereocenters. The zero-order valence-corrected chi connectivity index (χ0v) is 18.2. The summed E-state index contributed by atoms with van der Waals surface area (Å²) in [6, 6.07) is 15.4. The lowest BCUT2D eigenvalue weighted by Crippen LogP contribution is -2.39. The number of amides is 1. The van der Waals surface area contributed by atoms with Crippen LogP contribution in [-0.4, -0.2) is 26.9 Å². The summed E-state index contributed by atoms with van der Waals surface area (Å²) in [5, 5.41) is 1.64. The number of carbonyl (C=O) groups excluding carboxylic acids is 1. The first-order valence-corrected chi connectivity index (χ1v) is 10.8. The minimum absolute atomic E-state index is 0.0267. The second kappa shape index (κ2) is 8.76. The van der Waals surface area contributed by atoms with Gasteiger partial charge in [0.2, 0.25) is 5.91 Å². The third-order valence-electron chi connectivity index (χ3n) is 5.57. The number of H-pyrrole nitrogens is 2. The first-order valence-electron chi connectivity index (χ1n) is 10.8. The van der Waals surface area contributed by atoms with Gasteiger partial charge in [0.15, 0.2) is 0 Å². The zero-order chi connectivity index (χ0) is 22.0. The lowest BCUT2D eigenvalue weighted by Gasteiger charge is -2.31. The Bertz CT molecular complexity index is 1270. The fraction of sp³-hybridized carbons (Fsp3) is 0.320. The number of aromatic nitrogens is 3. The minimum Gasteiger partial charge on any atom is -0.361 e. The summed E-state index contributed by atoms with van der Waals surface area (Å²) < 4.78 is 0. The van der Waals surface area contributed by atoms with E-state index in [2.05, 4.69) is 41.8 Å². The highest BCUT2D eigenvalue weighted by atomic mass is 16.2. The van der Waals surface area contributed by atoms with Crippen LogP contribution in [0.5, 0.6) is 0 Å².